The van der Waals surface area contributed by atoms with Crippen molar-refractivity contribution in [2.75, 3.05) is 30.0 Å². The van der Waals surface area contributed by atoms with Gasteiger partial charge in [0.1, 0.15) is 11.9 Å². The van der Waals surface area contributed by atoms with E-state index >= 15 is 0 Å². The fraction of sp³-hybridized carbons (Fsp3) is 0.179. The molecule has 1 atom stereocenters. The minimum atomic E-state index is -0.632. The number of rotatable bonds is 2. The molecule has 2 aliphatic heterocycles. The molecule has 0 fully saturated rings. The first-order valence-electron chi connectivity index (χ1n) is 12.0. The summed E-state index contributed by atoms with van der Waals surface area (Å²) in [6, 6.07) is 20.2. The molecule has 188 valence electrons. The van der Waals surface area contributed by atoms with Gasteiger partial charge in [0.05, 0.1) is 0 Å². The van der Waals surface area contributed by atoms with Gasteiger partial charge >= 0.3 is 6.03 Å². The average Bonchev–Trinajstić information content (AvgIpc) is 2.90. The first-order valence-corrected chi connectivity index (χ1v) is 12.4. The number of hydrogen-bond donors (Lipinski definition) is 5. The second-order valence-electron chi connectivity index (χ2n) is 9.11. The number of nitrogens with two attached hydrogens (primary N) is 1. The number of nitrogen functional groups attached to an aromatic ring is 1. The van der Waals surface area contributed by atoms with Gasteiger partial charge in [0.15, 0.2) is 0 Å². The van der Waals surface area contributed by atoms with Crippen LogP contribution < -0.4 is 21.7 Å². The highest BCUT2D eigenvalue weighted by atomic mass is 32.1. The van der Waals surface area contributed by atoms with Crippen molar-refractivity contribution in [3.8, 4) is 0 Å². The number of likely N-dealkylation sites (N-methyl/N-ethyl adjacent to an activating group) is 1. The molecule has 6 rings (SSSR count). The Bertz CT molecular complexity index is 1470. The van der Waals surface area contributed by atoms with Crippen LogP contribution in [0.15, 0.2) is 77.8 Å². The maximum absolute atomic E-state index is 13.5. The van der Waals surface area contributed by atoms with E-state index < -0.39 is 6.04 Å². The Morgan fingerprint density at radius 2 is 1.86 bits per heavy atom. The molecule has 5 N–H and O–H groups in total. The lowest BCUT2D eigenvalue weighted by molar-refractivity contribution is -0.122. The van der Waals surface area contributed by atoms with Crippen LogP contribution in [0.5, 0.6) is 0 Å². The van der Waals surface area contributed by atoms with Crippen LogP contribution in [0.2, 0.25) is 0 Å². The van der Waals surface area contributed by atoms with E-state index in [2.05, 4.69) is 33.6 Å². The summed E-state index contributed by atoms with van der Waals surface area (Å²) < 4.78 is 0. The number of urea groups is 1. The van der Waals surface area contributed by atoms with E-state index in [4.69, 9.17) is 5.73 Å². The van der Waals surface area contributed by atoms with E-state index in [1.54, 1.807) is 24.2 Å². The van der Waals surface area contributed by atoms with Crippen LogP contribution in [-0.4, -0.2) is 35.4 Å². The van der Waals surface area contributed by atoms with Crippen molar-refractivity contribution in [1.82, 2.24) is 15.2 Å². The summed E-state index contributed by atoms with van der Waals surface area (Å²) >= 11 is 4.54. The molecule has 3 heterocycles. The second-order valence-corrected chi connectivity index (χ2v) is 9.60. The SMILES string of the molecule is CN1CCc2ccc(cc2)[C@@H](Nc2ccc3c(N)nccc3c2)C(=O)NCc2cc(ccc2S)NC1=O. The molecule has 0 aliphatic carbocycles. The van der Waals surface area contributed by atoms with Gasteiger partial charge in [-0.3, -0.25) is 4.79 Å². The summed E-state index contributed by atoms with van der Waals surface area (Å²) in [5.41, 5.74) is 10.1. The Hall–Kier alpha value is -4.24. The van der Waals surface area contributed by atoms with Gasteiger partial charge in [0.2, 0.25) is 5.91 Å². The zero-order valence-electron chi connectivity index (χ0n) is 20.4. The number of pyridine rings is 1. The Morgan fingerprint density at radius 1 is 1.05 bits per heavy atom. The van der Waals surface area contributed by atoms with Crippen LogP contribution in [0.1, 0.15) is 22.7 Å². The van der Waals surface area contributed by atoms with E-state index in [1.807, 2.05) is 60.7 Å². The molecule has 1 aromatic heterocycles. The maximum atomic E-state index is 13.5. The standard InChI is InChI=1S/C28H28N6O2S/c1-34-13-11-17-2-4-18(5-3-17)25(32-21-6-8-23-19(14-21)10-12-30-26(23)29)27(35)31-16-20-15-22(33-28(34)36)7-9-24(20)37/h2-10,12,14-15,25,32,37H,11,13,16H2,1H3,(H2,29,30)(H,31,35)(H,33,36)/t25-/m1/s1. The summed E-state index contributed by atoms with van der Waals surface area (Å²) in [5.74, 6) is 0.282. The van der Waals surface area contributed by atoms with E-state index in [1.165, 1.54) is 0 Å². The largest absolute Gasteiger partial charge is 0.383 e. The number of benzene rings is 3. The van der Waals surface area contributed by atoms with Crippen molar-refractivity contribution in [3.05, 3.63) is 89.6 Å². The highest BCUT2D eigenvalue weighted by Crippen LogP contribution is 2.27. The van der Waals surface area contributed by atoms with Gasteiger partial charge in [0.25, 0.3) is 0 Å². The van der Waals surface area contributed by atoms with Gasteiger partial charge in [-0.2, -0.15) is 0 Å². The Balaban J connectivity index is 1.48. The van der Waals surface area contributed by atoms with Crippen molar-refractivity contribution in [2.45, 2.75) is 23.9 Å². The Kier molecular flexibility index (Phi) is 6.87. The highest BCUT2D eigenvalue weighted by Gasteiger charge is 2.22. The molecule has 0 saturated heterocycles. The lowest BCUT2D eigenvalue weighted by Gasteiger charge is -2.22. The molecule has 3 aromatic carbocycles. The zero-order valence-corrected chi connectivity index (χ0v) is 21.3. The summed E-state index contributed by atoms with van der Waals surface area (Å²) in [4.78, 5) is 32.7. The van der Waals surface area contributed by atoms with Crippen LogP contribution in [0.3, 0.4) is 0 Å². The van der Waals surface area contributed by atoms with Crippen LogP contribution in [0.25, 0.3) is 10.8 Å². The van der Waals surface area contributed by atoms with Gasteiger partial charge in [-0.05, 0) is 71.0 Å². The summed E-state index contributed by atoms with van der Waals surface area (Å²) in [6.07, 6.45) is 2.36. The molecule has 8 nitrogen and oxygen atoms in total. The third kappa shape index (κ3) is 5.46. The van der Waals surface area contributed by atoms with E-state index in [9.17, 15) is 9.59 Å². The smallest absolute Gasteiger partial charge is 0.321 e. The van der Waals surface area contributed by atoms with Gasteiger partial charge in [0, 0.05) is 48.0 Å². The van der Waals surface area contributed by atoms with Crippen molar-refractivity contribution in [2.24, 2.45) is 0 Å². The highest BCUT2D eigenvalue weighted by molar-refractivity contribution is 7.80. The predicted molar refractivity (Wildman–Crippen MR) is 150 cm³/mol. The predicted octanol–water partition coefficient (Wildman–Crippen LogP) is 4.60. The third-order valence-electron chi connectivity index (χ3n) is 6.55. The van der Waals surface area contributed by atoms with Gasteiger partial charge in [-0.25, -0.2) is 9.78 Å². The summed E-state index contributed by atoms with van der Waals surface area (Å²) in [6.45, 7) is 0.813. The van der Waals surface area contributed by atoms with E-state index in [-0.39, 0.29) is 18.5 Å². The first kappa shape index (κ1) is 24.5. The number of carbonyl (C=O) groups is 2. The van der Waals surface area contributed by atoms with Crippen LogP contribution in [0.4, 0.5) is 22.0 Å². The lowest BCUT2D eigenvalue weighted by Crippen LogP contribution is -2.34. The molecular weight excluding hydrogens is 484 g/mol. The Labute approximate surface area is 220 Å². The summed E-state index contributed by atoms with van der Waals surface area (Å²) in [7, 11) is 1.77. The number of hydrogen-bond acceptors (Lipinski definition) is 6. The van der Waals surface area contributed by atoms with E-state index in [0.717, 1.165) is 38.0 Å². The monoisotopic (exact) mass is 512 g/mol. The van der Waals surface area contributed by atoms with Crippen LogP contribution >= 0.6 is 12.6 Å². The fourth-order valence-electron chi connectivity index (χ4n) is 4.34. The molecule has 0 radical (unpaired) electrons. The molecule has 37 heavy (non-hydrogen) atoms. The molecule has 4 bridgehead atoms. The quantitative estimate of drug-likeness (QED) is 0.252. The number of carbonyl (C=O) groups excluding carboxylic acids is 2. The van der Waals surface area contributed by atoms with Gasteiger partial charge < -0.3 is 26.6 Å². The number of fused-ring (bicyclic) bond motifs is 10. The molecule has 3 amide bonds. The molecule has 0 saturated carbocycles. The molecular formula is C28H28N6O2S. The normalized spacial score (nSPS) is 16.4. The number of amides is 3. The fourth-order valence-corrected chi connectivity index (χ4v) is 4.56. The minimum absolute atomic E-state index is 0.184. The average molecular weight is 513 g/mol. The van der Waals surface area contributed by atoms with Crippen molar-refractivity contribution in [1.29, 1.82) is 0 Å². The molecule has 9 heteroatoms. The van der Waals surface area contributed by atoms with Crippen LogP contribution in [0, 0.1) is 0 Å². The number of anilines is 3. The minimum Gasteiger partial charge on any atom is -0.383 e. The zero-order chi connectivity index (χ0) is 25.9. The molecule has 2 aliphatic rings. The van der Waals surface area contributed by atoms with Gasteiger partial charge in [-0.1, -0.05) is 24.3 Å². The van der Waals surface area contributed by atoms with Crippen LogP contribution in [-0.2, 0) is 17.8 Å². The number of aromatic nitrogens is 1. The lowest BCUT2D eigenvalue weighted by atomic mass is 10.0. The number of nitrogens with one attached hydrogen (secondary N) is 3. The molecule has 0 unspecified atom stereocenters. The second kappa shape index (κ2) is 10.4. The third-order valence-corrected chi connectivity index (χ3v) is 6.98. The van der Waals surface area contributed by atoms with Crippen molar-refractivity contribution in [3.63, 3.8) is 0 Å². The first-order chi connectivity index (χ1) is 17.9. The molecule has 0 spiro atoms. The van der Waals surface area contributed by atoms with Gasteiger partial charge in [-0.15, -0.1) is 12.6 Å². The van der Waals surface area contributed by atoms with Crippen molar-refractivity contribution < 1.29 is 9.59 Å². The summed E-state index contributed by atoms with van der Waals surface area (Å²) in [5, 5.41) is 11.1. The topological polar surface area (TPSA) is 112 Å². The number of nitrogens with zero attached hydrogens (tertiary/aromatic N) is 2. The number of thiol groups is 1. The maximum Gasteiger partial charge on any atom is 0.321 e. The Morgan fingerprint density at radius 3 is 2.68 bits per heavy atom. The van der Waals surface area contributed by atoms with Crippen molar-refractivity contribution >= 4 is 52.5 Å². The molecule has 4 aromatic rings. The van der Waals surface area contributed by atoms with E-state index in [0.29, 0.717) is 24.5 Å².